The number of benzene rings is 1. The van der Waals surface area contributed by atoms with Crippen molar-refractivity contribution >= 4 is 11.6 Å². The van der Waals surface area contributed by atoms with Crippen molar-refractivity contribution in [3.05, 3.63) is 41.5 Å². The molecule has 0 saturated carbocycles. The molecule has 1 aromatic carbocycles. The summed E-state index contributed by atoms with van der Waals surface area (Å²) in [7, 11) is 4.67. The summed E-state index contributed by atoms with van der Waals surface area (Å²) >= 11 is 0. The molecule has 2 N–H and O–H groups in total. The first-order chi connectivity index (χ1) is 9.93. The van der Waals surface area contributed by atoms with Gasteiger partial charge in [-0.1, -0.05) is 6.07 Å². The van der Waals surface area contributed by atoms with Gasteiger partial charge in [-0.3, -0.25) is 9.48 Å². The maximum Gasteiger partial charge on any atom is 0.274 e. The normalized spacial score (nSPS) is 10.5. The van der Waals surface area contributed by atoms with Crippen LogP contribution in [-0.2, 0) is 13.6 Å². The number of hydrogen-bond acceptors (Lipinski definition) is 4. The van der Waals surface area contributed by atoms with Crippen LogP contribution in [0.3, 0.4) is 0 Å². The number of rotatable bonds is 4. The summed E-state index contributed by atoms with van der Waals surface area (Å²) in [6.45, 7) is 0.254. The van der Waals surface area contributed by atoms with Crippen LogP contribution in [0, 0.1) is 5.82 Å². The quantitative estimate of drug-likeness (QED) is 0.925. The van der Waals surface area contributed by atoms with Gasteiger partial charge in [-0.05, 0) is 17.7 Å². The number of nitrogens with two attached hydrogens (primary N) is 1. The van der Waals surface area contributed by atoms with Crippen molar-refractivity contribution in [2.75, 3.05) is 19.9 Å². The molecule has 0 aliphatic carbocycles. The van der Waals surface area contributed by atoms with Crippen LogP contribution in [0.1, 0.15) is 16.1 Å². The molecule has 0 spiro atoms. The zero-order chi connectivity index (χ0) is 15.6. The van der Waals surface area contributed by atoms with Crippen molar-refractivity contribution in [3.63, 3.8) is 0 Å². The van der Waals surface area contributed by atoms with Crippen LogP contribution in [0.5, 0.6) is 5.75 Å². The number of amides is 1. The summed E-state index contributed by atoms with van der Waals surface area (Å²) in [5, 5.41) is 3.93. The number of carbonyl (C=O) groups is 1. The Morgan fingerprint density at radius 2 is 2.24 bits per heavy atom. The van der Waals surface area contributed by atoms with E-state index in [0.29, 0.717) is 16.9 Å². The molecule has 21 heavy (non-hydrogen) atoms. The molecule has 0 aliphatic heterocycles. The Labute approximate surface area is 121 Å². The molecule has 2 aromatic rings. The highest BCUT2D eigenvalue weighted by Crippen LogP contribution is 2.19. The van der Waals surface area contributed by atoms with Crippen molar-refractivity contribution < 1.29 is 13.9 Å². The smallest absolute Gasteiger partial charge is 0.274 e. The third kappa shape index (κ3) is 2.96. The number of methoxy groups -OCH3 is 1. The summed E-state index contributed by atoms with van der Waals surface area (Å²) in [6.07, 6.45) is 1.42. The fourth-order valence-corrected chi connectivity index (χ4v) is 2.05. The highest BCUT2D eigenvalue weighted by molar-refractivity contribution is 5.97. The first-order valence-corrected chi connectivity index (χ1v) is 6.29. The van der Waals surface area contributed by atoms with Gasteiger partial charge in [0.1, 0.15) is 5.69 Å². The van der Waals surface area contributed by atoms with Crippen LogP contribution in [-0.4, -0.2) is 34.7 Å². The van der Waals surface area contributed by atoms with Crippen LogP contribution < -0.4 is 10.5 Å². The van der Waals surface area contributed by atoms with Gasteiger partial charge in [-0.25, -0.2) is 4.39 Å². The molecule has 0 fully saturated rings. The number of anilines is 1. The molecule has 0 radical (unpaired) electrons. The van der Waals surface area contributed by atoms with Gasteiger partial charge in [-0.15, -0.1) is 0 Å². The number of halogens is 1. The van der Waals surface area contributed by atoms with Crippen LogP contribution in [0.4, 0.5) is 10.1 Å². The van der Waals surface area contributed by atoms with Crippen molar-refractivity contribution in [1.82, 2.24) is 14.7 Å². The molecule has 112 valence electrons. The molecule has 0 unspecified atom stereocenters. The average molecular weight is 292 g/mol. The maximum absolute atomic E-state index is 13.6. The molecule has 1 amide bonds. The van der Waals surface area contributed by atoms with Gasteiger partial charge < -0.3 is 15.4 Å². The zero-order valence-electron chi connectivity index (χ0n) is 12.1. The largest absolute Gasteiger partial charge is 0.494 e. The topological polar surface area (TPSA) is 73.4 Å². The summed E-state index contributed by atoms with van der Waals surface area (Å²) in [5.41, 5.74) is 7.01. The first-order valence-electron chi connectivity index (χ1n) is 6.29. The second kappa shape index (κ2) is 5.82. The van der Waals surface area contributed by atoms with Crippen molar-refractivity contribution in [2.45, 2.75) is 6.54 Å². The summed E-state index contributed by atoms with van der Waals surface area (Å²) in [6, 6.07) is 4.58. The van der Waals surface area contributed by atoms with E-state index in [-0.39, 0.29) is 18.2 Å². The number of aromatic nitrogens is 2. The molecule has 2 rings (SSSR count). The van der Waals surface area contributed by atoms with E-state index in [1.165, 1.54) is 35.0 Å². The molecule has 1 aromatic heterocycles. The predicted octanol–water partition coefficient (Wildman–Crippen LogP) is 1.42. The zero-order valence-corrected chi connectivity index (χ0v) is 12.1. The Kier molecular flexibility index (Phi) is 4.11. The van der Waals surface area contributed by atoms with E-state index in [9.17, 15) is 9.18 Å². The Hall–Kier alpha value is -2.57. The Bertz CT molecular complexity index is 649. The maximum atomic E-state index is 13.6. The van der Waals surface area contributed by atoms with Gasteiger partial charge in [0.05, 0.1) is 19.0 Å². The minimum Gasteiger partial charge on any atom is -0.494 e. The SMILES string of the molecule is COc1ccc(CN(C)C(=O)c2c(N)cnn2C)cc1F. The van der Waals surface area contributed by atoms with E-state index in [0.717, 1.165) is 0 Å². The van der Waals surface area contributed by atoms with Crippen LogP contribution in [0.15, 0.2) is 24.4 Å². The van der Waals surface area contributed by atoms with E-state index >= 15 is 0 Å². The molecule has 0 atom stereocenters. The van der Waals surface area contributed by atoms with Gasteiger partial charge >= 0.3 is 0 Å². The van der Waals surface area contributed by atoms with E-state index < -0.39 is 5.82 Å². The number of ether oxygens (including phenoxy) is 1. The molecule has 1 heterocycles. The van der Waals surface area contributed by atoms with E-state index in [2.05, 4.69) is 5.10 Å². The lowest BCUT2D eigenvalue weighted by Crippen LogP contribution is -2.28. The molecule has 7 heteroatoms. The highest BCUT2D eigenvalue weighted by Gasteiger charge is 2.19. The van der Waals surface area contributed by atoms with Crippen LogP contribution in [0.2, 0.25) is 0 Å². The Morgan fingerprint density at radius 1 is 1.52 bits per heavy atom. The van der Waals surface area contributed by atoms with Crippen molar-refractivity contribution in [3.8, 4) is 5.75 Å². The third-order valence-corrected chi connectivity index (χ3v) is 3.15. The van der Waals surface area contributed by atoms with E-state index in [4.69, 9.17) is 10.5 Å². The lowest BCUT2D eigenvalue weighted by molar-refractivity contribution is 0.0775. The second-order valence-corrected chi connectivity index (χ2v) is 4.70. The Morgan fingerprint density at radius 3 is 2.76 bits per heavy atom. The minimum absolute atomic E-state index is 0.170. The van der Waals surface area contributed by atoms with Crippen molar-refractivity contribution in [2.24, 2.45) is 7.05 Å². The number of carbonyl (C=O) groups excluding carboxylic acids is 1. The van der Waals surface area contributed by atoms with Gasteiger partial charge in [0.2, 0.25) is 0 Å². The number of aryl methyl sites for hydroxylation is 1. The van der Waals surface area contributed by atoms with Gasteiger partial charge in [0.15, 0.2) is 11.6 Å². The second-order valence-electron chi connectivity index (χ2n) is 4.70. The number of nitrogen functional groups attached to an aromatic ring is 1. The average Bonchev–Trinajstić information content (AvgIpc) is 2.77. The fraction of sp³-hybridized carbons (Fsp3) is 0.286. The fourth-order valence-electron chi connectivity index (χ4n) is 2.05. The van der Waals surface area contributed by atoms with Crippen LogP contribution >= 0.6 is 0 Å². The minimum atomic E-state index is -0.462. The van der Waals surface area contributed by atoms with E-state index in [1.807, 2.05) is 0 Å². The molecule has 0 aliphatic rings. The lowest BCUT2D eigenvalue weighted by Gasteiger charge is -2.18. The van der Waals surface area contributed by atoms with E-state index in [1.54, 1.807) is 20.2 Å². The summed E-state index contributed by atoms with van der Waals surface area (Å²) in [4.78, 5) is 13.8. The molecule has 0 saturated heterocycles. The van der Waals surface area contributed by atoms with Crippen LogP contribution in [0.25, 0.3) is 0 Å². The van der Waals surface area contributed by atoms with Gasteiger partial charge in [0.25, 0.3) is 5.91 Å². The monoisotopic (exact) mass is 292 g/mol. The molecular weight excluding hydrogens is 275 g/mol. The predicted molar refractivity (Wildman–Crippen MR) is 76.4 cm³/mol. The van der Waals surface area contributed by atoms with Gasteiger partial charge in [-0.2, -0.15) is 5.10 Å². The summed E-state index contributed by atoms with van der Waals surface area (Å²) in [5.74, 6) is -0.566. The number of nitrogens with zero attached hydrogens (tertiary/aromatic N) is 3. The molecule has 6 nitrogen and oxygen atoms in total. The Balaban J connectivity index is 2.16. The molecule has 0 bridgehead atoms. The van der Waals surface area contributed by atoms with Gasteiger partial charge in [0, 0.05) is 20.6 Å². The lowest BCUT2D eigenvalue weighted by atomic mass is 10.2. The highest BCUT2D eigenvalue weighted by atomic mass is 19.1. The first kappa shape index (κ1) is 14.8. The number of hydrogen-bond donors (Lipinski definition) is 1. The third-order valence-electron chi connectivity index (χ3n) is 3.15. The van der Waals surface area contributed by atoms with Crippen molar-refractivity contribution in [1.29, 1.82) is 0 Å². The summed E-state index contributed by atoms with van der Waals surface area (Å²) < 4.78 is 19.9. The standard InChI is InChI=1S/C14H17FN4O2/c1-18(14(20)13-11(16)7-17-19(13)2)8-9-4-5-12(21-3)10(15)6-9/h4-7H,8,16H2,1-3H3. The molecular formula is C14H17FN4O2.